The molecule has 4 nitrogen and oxygen atoms in total. The maximum absolute atomic E-state index is 8.87. The van der Waals surface area contributed by atoms with Gasteiger partial charge in [-0.15, -0.1) is 0 Å². The normalized spacial score (nSPS) is 13.4. The van der Waals surface area contributed by atoms with Crippen molar-refractivity contribution in [1.29, 1.82) is 0 Å². The largest absolute Gasteiger partial charge is 0.393 e. The fourth-order valence-corrected chi connectivity index (χ4v) is 1.10. The molecule has 10 heavy (non-hydrogen) atoms. The number of H-pyrrole nitrogens is 1. The van der Waals surface area contributed by atoms with Gasteiger partial charge in [-0.1, -0.05) is 11.8 Å². The second-order valence-corrected chi connectivity index (χ2v) is 2.96. The minimum absolute atomic E-state index is 0.296. The summed E-state index contributed by atoms with van der Waals surface area (Å²) in [5.41, 5.74) is 0. The van der Waals surface area contributed by atoms with Crippen LogP contribution < -0.4 is 0 Å². The van der Waals surface area contributed by atoms with Crippen LogP contribution in [0.25, 0.3) is 0 Å². The third-order valence-corrected chi connectivity index (χ3v) is 1.97. The second kappa shape index (κ2) is 3.58. The Morgan fingerprint density at radius 1 is 1.90 bits per heavy atom. The van der Waals surface area contributed by atoms with E-state index < -0.39 is 0 Å². The molecule has 0 aliphatic rings. The highest BCUT2D eigenvalue weighted by Crippen LogP contribution is 2.11. The summed E-state index contributed by atoms with van der Waals surface area (Å²) in [6.07, 6.45) is 1.15. The number of aromatic nitrogens is 3. The van der Waals surface area contributed by atoms with Gasteiger partial charge in [0.2, 0.25) is 0 Å². The summed E-state index contributed by atoms with van der Waals surface area (Å²) in [6, 6.07) is 0. The predicted octanol–water partition coefficient (Wildman–Crippen LogP) is 0.278. The average Bonchev–Trinajstić information content (AvgIpc) is 2.34. The van der Waals surface area contributed by atoms with E-state index in [1.807, 2.05) is 0 Å². The van der Waals surface area contributed by atoms with Gasteiger partial charge in [-0.3, -0.25) is 5.10 Å². The van der Waals surface area contributed by atoms with Gasteiger partial charge >= 0.3 is 0 Å². The lowest BCUT2D eigenvalue weighted by Crippen LogP contribution is -2.02. The Morgan fingerprint density at radius 3 is 3.20 bits per heavy atom. The first-order chi connectivity index (χ1) is 4.79. The Morgan fingerprint density at radius 2 is 2.70 bits per heavy atom. The van der Waals surface area contributed by atoms with Crippen molar-refractivity contribution in [3.63, 3.8) is 0 Å². The van der Waals surface area contributed by atoms with Crippen molar-refractivity contribution in [1.82, 2.24) is 15.2 Å². The Labute approximate surface area is 63.1 Å². The lowest BCUT2D eigenvalue weighted by Gasteiger charge is -1.98. The van der Waals surface area contributed by atoms with E-state index in [0.717, 1.165) is 5.16 Å². The molecule has 1 heterocycles. The zero-order valence-corrected chi connectivity index (χ0v) is 6.43. The zero-order valence-electron chi connectivity index (χ0n) is 5.61. The minimum atomic E-state index is -0.296. The standard InChI is InChI=1S/C5H9N3OS/c1-4(9)2-10-5-6-3-7-8-5/h3-4,9H,2H2,1H3,(H,6,7,8)/t4-/m1/s1. The van der Waals surface area contributed by atoms with Crippen LogP contribution in [-0.2, 0) is 0 Å². The molecule has 56 valence electrons. The lowest BCUT2D eigenvalue weighted by molar-refractivity contribution is 0.220. The van der Waals surface area contributed by atoms with E-state index in [1.165, 1.54) is 18.1 Å². The Hall–Kier alpha value is -0.550. The zero-order chi connectivity index (χ0) is 7.40. The van der Waals surface area contributed by atoms with Gasteiger partial charge in [-0.2, -0.15) is 5.10 Å². The van der Waals surface area contributed by atoms with Crippen molar-refractivity contribution in [3.8, 4) is 0 Å². The topological polar surface area (TPSA) is 61.8 Å². The van der Waals surface area contributed by atoms with Crippen molar-refractivity contribution in [2.45, 2.75) is 18.2 Å². The maximum atomic E-state index is 8.87. The molecule has 5 heteroatoms. The quantitative estimate of drug-likeness (QED) is 0.622. The highest BCUT2D eigenvalue weighted by Gasteiger charge is 1.99. The minimum Gasteiger partial charge on any atom is -0.393 e. The molecule has 1 atom stereocenters. The van der Waals surface area contributed by atoms with Gasteiger partial charge < -0.3 is 5.11 Å². The number of aliphatic hydroxyl groups is 1. The van der Waals surface area contributed by atoms with Crippen LogP contribution in [0.1, 0.15) is 6.92 Å². The average molecular weight is 159 g/mol. The summed E-state index contributed by atoms with van der Waals surface area (Å²) in [5, 5.41) is 16.0. The van der Waals surface area contributed by atoms with Crippen LogP contribution in [0.15, 0.2) is 11.5 Å². The number of nitrogens with zero attached hydrogens (tertiary/aromatic N) is 2. The van der Waals surface area contributed by atoms with Gasteiger partial charge in [-0.25, -0.2) is 4.98 Å². The fourth-order valence-electron chi connectivity index (χ4n) is 0.463. The number of nitrogens with one attached hydrogen (secondary N) is 1. The van der Waals surface area contributed by atoms with E-state index in [1.54, 1.807) is 6.92 Å². The van der Waals surface area contributed by atoms with Crippen molar-refractivity contribution in [2.75, 3.05) is 5.75 Å². The maximum Gasteiger partial charge on any atom is 0.183 e. The number of aliphatic hydroxyl groups excluding tert-OH is 1. The molecule has 0 saturated carbocycles. The molecule has 0 unspecified atom stereocenters. The van der Waals surface area contributed by atoms with Gasteiger partial charge in [-0.05, 0) is 6.92 Å². The number of hydrogen-bond donors (Lipinski definition) is 2. The summed E-state index contributed by atoms with van der Waals surface area (Å²) >= 11 is 1.46. The summed E-state index contributed by atoms with van der Waals surface area (Å²) in [5.74, 6) is 0.648. The molecule has 1 aromatic rings. The van der Waals surface area contributed by atoms with Crippen LogP contribution in [-0.4, -0.2) is 32.1 Å². The summed E-state index contributed by atoms with van der Waals surface area (Å²) in [6.45, 7) is 1.74. The third-order valence-electron chi connectivity index (χ3n) is 0.854. The second-order valence-electron chi connectivity index (χ2n) is 1.95. The van der Waals surface area contributed by atoms with Crippen LogP contribution in [0.5, 0.6) is 0 Å². The first-order valence-corrected chi connectivity index (χ1v) is 3.94. The highest BCUT2D eigenvalue weighted by atomic mass is 32.2. The molecule has 0 radical (unpaired) electrons. The lowest BCUT2D eigenvalue weighted by atomic mass is 10.5. The summed E-state index contributed by atoms with van der Waals surface area (Å²) < 4.78 is 0. The first-order valence-electron chi connectivity index (χ1n) is 2.95. The number of aromatic amines is 1. The fraction of sp³-hybridized carbons (Fsp3) is 0.600. The molecule has 0 aromatic carbocycles. The van der Waals surface area contributed by atoms with Crippen molar-refractivity contribution in [3.05, 3.63) is 6.33 Å². The monoisotopic (exact) mass is 159 g/mol. The van der Waals surface area contributed by atoms with E-state index in [9.17, 15) is 0 Å². The van der Waals surface area contributed by atoms with Crippen molar-refractivity contribution in [2.24, 2.45) is 0 Å². The van der Waals surface area contributed by atoms with Crippen molar-refractivity contribution < 1.29 is 5.11 Å². The molecule has 0 aliphatic carbocycles. The van der Waals surface area contributed by atoms with Crippen LogP contribution in [0.3, 0.4) is 0 Å². The molecule has 2 N–H and O–H groups in total. The molecule has 1 rings (SSSR count). The highest BCUT2D eigenvalue weighted by molar-refractivity contribution is 7.99. The summed E-state index contributed by atoms with van der Waals surface area (Å²) in [7, 11) is 0. The van der Waals surface area contributed by atoms with E-state index in [2.05, 4.69) is 15.2 Å². The molecular formula is C5H9N3OS. The third kappa shape index (κ3) is 2.36. The molecule has 0 bridgehead atoms. The van der Waals surface area contributed by atoms with E-state index in [-0.39, 0.29) is 6.10 Å². The molecule has 0 saturated heterocycles. The van der Waals surface area contributed by atoms with Gasteiger partial charge in [0, 0.05) is 5.75 Å². The van der Waals surface area contributed by atoms with Gasteiger partial charge in [0.15, 0.2) is 5.16 Å². The van der Waals surface area contributed by atoms with Crippen molar-refractivity contribution >= 4 is 11.8 Å². The predicted molar refractivity (Wildman–Crippen MR) is 38.8 cm³/mol. The molecule has 0 aliphatic heterocycles. The smallest absolute Gasteiger partial charge is 0.183 e. The molecule has 1 aromatic heterocycles. The Bertz CT molecular complexity index is 175. The molecule has 0 spiro atoms. The van der Waals surface area contributed by atoms with Crippen LogP contribution in [0, 0.1) is 0 Å². The van der Waals surface area contributed by atoms with Gasteiger partial charge in [0.05, 0.1) is 6.10 Å². The van der Waals surface area contributed by atoms with E-state index >= 15 is 0 Å². The Kier molecular flexibility index (Phi) is 2.70. The number of hydrogen-bond acceptors (Lipinski definition) is 4. The SMILES string of the molecule is C[C@@H](O)CSc1ncn[nH]1. The number of thioether (sulfide) groups is 1. The van der Waals surface area contributed by atoms with E-state index in [0.29, 0.717) is 5.75 Å². The summed E-state index contributed by atoms with van der Waals surface area (Å²) in [4.78, 5) is 3.87. The molecule has 0 fully saturated rings. The molecule has 0 amide bonds. The number of rotatable bonds is 3. The molecular weight excluding hydrogens is 150 g/mol. The van der Waals surface area contributed by atoms with Crippen LogP contribution >= 0.6 is 11.8 Å². The van der Waals surface area contributed by atoms with Crippen LogP contribution in [0.2, 0.25) is 0 Å². The Balaban J connectivity index is 2.28. The van der Waals surface area contributed by atoms with Crippen LogP contribution in [0.4, 0.5) is 0 Å². The van der Waals surface area contributed by atoms with Gasteiger partial charge in [0.25, 0.3) is 0 Å². The van der Waals surface area contributed by atoms with E-state index in [4.69, 9.17) is 5.11 Å². The first kappa shape index (κ1) is 7.56. The van der Waals surface area contributed by atoms with Gasteiger partial charge in [0.1, 0.15) is 6.33 Å².